The number of hydrogen-bond donors (Lipinski definition) is 0. The Morgan fingerprint density at radius 3 is 1.75 bits per heavy atom. The first-order valence-electron chi connectivity index (χ1n) is 8.87. The van der Waals surface area contributed by atoms with Gasteiger partial charge in [-0.3, -0.25) is 0 Å². The van der Waals surface area contributed by atoms with Crippen LogP contribution < -0.4 is 0 Å². The summed E-state index contributed by atoms with van der Waals surface area (Å²) in [5.41, 5.74) is -1.41. The highest BCUT2D eigenvalue weighted by Crippen LogP contribution is 2.31. The van der Waals surface area contributed by atoms with Crippen molar-refractivity contribution in [3.05, 3.63) is 12.3 Å². The number of hydrogen-bond acceptors (Lipinski definition) is 4. The molecule has 0 saturated carbocycles. The largest absolute Gasteiger partial charge is 0.534 e. The first kappa shape index (κ1) is 26.8. The fraction of sp³-hybridized carbons (Fsp3) is 0.667. The van der Waals surface area contributed by atoms with Crippen molar-refractivity contribution in [3.63, 3.8) is 0 Å². The van der Waals surface area contributed by atoms with Crippen LogP contribution in [0.2, 0.25) is 37.8 Å². The zero-order chi connectivity index (χ0) is 22.4. The predicted molar refractivity (Wildman–Crippen MR) is 111 cm³/mol. The summed E-state index contributed by atoms with van der Waals surface area (Å²) in [6.45, 7) is 15.2. The molecule has 0 aliphatic heterocycles. The van der Waals surface area contributed by atoms with Crippen molar-refractivity contribution in [2.24, 2.45) is 0 Å². The lowest BCUT2D eigenvalue weighted by Crippen LogP contribution is -2.38. The molecule has 0 fully saturated rings. The van der Waals surface area contributed by atoms with Gasteiger partial charge in [-0.25, -0.2) is 0 Å². The standard InChI is InChI=1S/C18H29F3O4SSi2/c1-9-28(10-2,11-3)15-13-17(24-5,12-14-27(6,7)8)16(4)25-26(22,23)18(19,20)21/h4,9-11H2,1-3,5-8H3/t17-/m1/s1. The molecular formula is C18H29F3O4SSi2. The maximum Gasteiger partial charge on any atom is 0.534 e. The van der Waals surface area contributed by atoms with Gasteiger partial charge in [-0.2, -0.15) is 21.6 Å². The van der Waals surface area contributed by atoms with E-state index < -0.39 is 43.1 Å². The third kappa shape index (κ3) is 7.00. The normalized spacial score (nSPS) is 14.8. The zero-order valence-electron chi connectivity index (χ0n) is 17.5. The second kappa shape index (κ2) is 9.53. The third-order valence-corrected chi connectivity index (χ3v) is 10.9. The minimum absolute atomic E-state index is 0.809. The van der Waals surface area contributed by atoms with Gasteiger partial charge in [0.1, 0.15) is 16.1 Å². The average molecular weight is 455 g/mol. The van der Waals surface area contributed by atoms with Gasteiger partial charge in [-0.15, -0.1) is 11.1 Å². The second-order valence-corrected chi connectivity index (χ2v) is 18.6. The number of alkyl halides is 3. The van der Waals surface area contributed by atoms with Gasteiger partial charge >= 0.3 is 15.6 Å². The molecule has 0 aliphatic rings. The van der Waals surface area contributed by atoms with Crippen molar-refractivity contribution >= 4 is 26.3 Å². The van der Waals surface area contributed by atoms with Crippen LogP contribution in [0.4, 0.5) is 13.2 Å². The van der Waals surface area contributed by atoms with Crippen LogP contribution in [-0.2, 0) is 19.0 Å². The molecule has 28 heavy (non-hydrogen) atoms. The van der Waals surface area contributed by atoms with Gasteiger partial charge in [0, 0.05) is 7.11 Å². The van der Waals surface area contributed by atoms with Crippen molar-refractivity contribution < 1.29 is 30.5 Å². The molecule has 0 aromatic heterocycles. The molecule has 160 valence electrons. The van der Waals surface area contributed by atoms with Crippen LogP contribution >= 0.6 is 0 Å². The highest BCUT2D eigenvalue weighted by Gasteiger charge is 2.50. The molecule has 0 aliphatic carbocycles. The minimum Gasteiger partial charge on any atom is -0.376 e. The van der Waals surface area contributed by atoms with Crippen molar-refractivity contribution in [2.45, 2.75) is 69.7 Å². The van der Waals surface area contributed by atoms with Gasteiger partial charge in [0.2, 0.25) is 5.60 Å². The molecule has 0 unspecified atom stereocenters. The molecule has 0 aromatic rings. The quantitative estimate of drug-likeness (QED) is 0.184. The Balaban J connectivity index is 6.51. The van der Waals surface area contributed by atoms with Gasteiger partial charge in [0.05, 0.1) is 0 Å². The summed E-state index contributed by atoms with van der Waals surface area (Å²) in [6, 6.07) is 2.51. The summed E-state index contributed by atoms with van der Waals surface area (Å²) >= 11 is 0. The van der Waals surface area contributed by atoms with E-state index in [-0.39, 0.29) is 0 Å². The topological polar surface area (TPSA) is 52.6 Å². The van der Waals surface area contributed by atoms with Crippen LogP contribution in [0.15, 0.2) is 12.3 Å². The van der Waals surface area contributed by atoms with E-state index in [1.807, 2.05) is 40.4 Å². The van der Waals surface area contributed by atoms with Crippen molar-refractivity contribution in [3.8, 4) is 22.9 Å². The number of ether oxygens (including phenoxy) is 1. The van der Waals surface area contributed by atoms with Crippen molar-refractivity contribution in [1.82, 2.24) is 0 Å². The van der Waals surface area contributed by atoms with E-state index in [9.17, 15) is 21.6 Å². The van der Waals surface area contributed by atoms with Gasteiger partial charge in [-0.1, -0.05) is 58.8 Å². The number of halogens is 3. The molecule has 0 aromatic carbocycles. The number of rotatable bonds is 7. The zero-order valence-corrected chi connectivity index (χ0v) is 20.3. The van der Waals surface area contributed by atoms with Crippen LogP contribution in [0.3, 0.4) is 0 Å². The molecule has 0 radical (unpaired) electrons. The van der Waals surface area contributed by atoms with Crippen LogP contribution in [0, 0.1) is 22.9 Å². The van der Waals surface area contributed by atoms with Crippen molar-refractivity contribution in [2.75, 3.05) is 7.11 Å². The third-order valence-electron chi connectivity index (χ3n) is 4.34. The van der Waals surface area contributed by atoms with E-state index in [1.54, 1.807) is 0 Å². The van der Waals surface area contributed by atoms with E-state index in [0.717, 1.165) is 18.1 Å². The van der Waals surface area contributed by atoms with Crippen LogP contribution in [0.5, 0.6) is 0 Å². The molecule has 0 amide bonds. The smallest absolute Gasteiger partial charge is 0.376 e. The lowest BCUT2D eigenvalue weighted by molar-refractivity contribution is -0.0538. The fourth-order valence-electron chi connectivity index (χ4n) is 2.14. The SMILES string of the molecule is C=C(OS(=O)(=O)C(F)(F)F)[C@@](C#C[Si](C)(C)C)(C#C[Si](CC)(CC)CC)OC. The molecular weight excluding hydrogens is 425 g/mol. The van der Waals surface area contributed by atoms with Gasteiger partial charge in [0.15, 0.2) is 5.76 Å². The molecule has 0 rings (SSSR count). The first-order valence-corrected chi connectivity index (χ1v) is 16.4. The molecule has 0 spiro atoms. The second-order valence-electron chi connectivity index (χ2n) is 7.38. The fourth-order valence-corrected chi connectivity index (χ4v) is 5.64. The van der Waals surface area contributed by atoms with Crippen LogP contribution in [0.25, 0.3) is 0 Å². The highest BCUT2D eigenvalue weighted by atomic mass is 32.2. The van der Waals surface area contributed by atoms with Crippen LogP contribution in [-0.4, -0.2) is 42.8 Å². The summed E-state index contributed by atoms with van der Waals surface area (Å²) < 4.78 is 70.7. The predicted octanol–water partition coefficient (Wildman–Crippen LogP) is 4.68. The molecule has 0 saturated heterocycles. The summed E-state index contributed by atoms with van der Waals surface area (Å²) in [4.78, 5) is 0. The van der Waals surface area contributed by atoms with Gasteiger partial charge in [-0.05, 0) is 18.1 Å². The molecule has 10 heteroatoms. The Morgan fingerprint density at radius 2 is 1.43 bits per heavy atom. The Kier molecular flexibility index (Phi) is 9.12. The Bertz CT molecular complexity index is 781. The average Bonchev–Trinajstić information content (AvgIpc) is 2.57. The monoisotopic (exact) mass is 454 g/mol. The van der Waals surface area contributed by atoms with Crippen LogP contribution in [0.1, 0.15) is 20.8 Å². The molecule has 1 atom stereocenters. The summed E-state index contributed by atoms with van der Waals surface area (Å²) in [5.74, 6) is 4.72. The van der Waals surface area contributed by atoms with E-state index in [1.165, 1.54) is 7.11 Å². The lowest BCUT2D eigenvalue weighted by atomic mass is 10.1. The Morgan fingerprint density at radius 1 is 1.00 bits per heavy atom. The summed E-state index contributed by atoms with van der Waals surface area (Å²) in [7, 11) is -8.73. The summed E-state index contributed by atoms with van der Waals surface area (Å²) in [6.07, 6.45) is 0. The Hall–Kier alpha value is -1.21. The number of methoxy groups -OCH3 is 1. The molecule has 4 nitrogen and oxygen atoms in total. The minimum atomic E-state index is -5.91. The Labute approximate surface area is 169 Å². The molecule has 0 bridgehead atoms. The highest BCUT2D eigenvalue weighted by molar-refractivity contribution is 7.87. The maximum atomic E-state index is 12.7. The van der Waals surface area contributed by atoms with E-state index in [4.69, 9.17) is 4.74 Å². The maximum absolute atomic E-state index is 12.7. The van der Waals surface area contributed by atoms with Crippen molar-refractivity contribution in [1.29, 1.82) is 0 Å². The molecule has 0 N–H and O–H groups in total. The van der Waals surface area contributed by atoms with Gasteiger partial charge < -0.3 is 8.92 Å². The summed E-state index contributed by atoms with van der Waals surface area (Å²) in [5, 5.41) is 0. The van der Waals surface area contributed by atoms with E-state index >= 15 is 0 Å². The molecule has 0 heterocycles. The van der Waals surface area contributed by atoms with Gasteiger partial charge in [0.25, 0.3) is 0 Å². The first-order chi connectivity index (χ1) is 12.5. The van der Waals surface area contributed by atoms with E-state index in [0.29, 0.717) is 0 Å². The lowest BCUT2D eigenvalue weighted by Gasteiger charge is -2.26. The van der Waals surface area contributed by atoms with E-state index in [2.05, 4.69) is 33.7 Å².